The molecule has 2 aliphatic rings. The first-order valence-electron chi connectivity index (χ1n) is 7.92. The average molecular weight is 314 g/mol. The first-order chi connectivity index (χ1) is 10.7. The summed E-state index contributed by atoms with van der Waals surface area (Å²) < 4.78 is 18.2. The van der Waals surface area contributed by atoms with Crippen LogP contribution in [0.2, 0.25) is 0 Å². The smallest absolute Gasteiger partial charge is 0.408 e. The summed E-state index contributed by atoms with van der Waals surface area (Å²) >= 11 is 0. The molecule has 1 fully saturated rings. The van der Waals surface area contributed by atoms with Crippen molar-refractivity contribution in [2.24, 2.45) is 0 Å². The van der Waals surface area contributed by atoms with Gasteiger partial charge in [-0.2, -0.15) is 0 Å². The van der Waals surface area contributed by atoms with Gasteiger partial charge in [-0.15, -0.1) is 0 Å². The number of rotatable bonds is 1. The third kappa shape index (κ3) is 2.20. The highest BCUT2D eigenvalue weighted by Crippen LogP contribution is 2.54. The second-order valence-corrected chi connectivity index (χ2v) is 7.89. The van der Waals surface area contributed by atoms with Crippen LogP contribution in [0.5, 0.6) is 5.75 Å². The zero-order valence-corrected chi connectivity index (χ0v) is 13.3. The summed E-state index contributed by atoms with van der Waals surface area (Å²) in [5, 5.41) is 0.406. The third-order valence-electron chi connectivity index (χ3n) is 4.80. The van der Waals surface area contributed by atoms with Crippen LogP contribution in [0, 0.1) is 0 Å². The average Bonchev–Trinajstić information content (AvgIpc) is 2.55. The van der Waals surface area contributed by atoms with E-state index in [9.17, 15) is 9.46 Å². The molecule has 2 aromatic rings. The van der Waals surface area contributed by atoms with Crippen LogP contribution in [-0.2, 0) is 4.57 Å². The van der Waals surface area contributed by atoms with Crippen LogP contribution in [0.15, 0.2) is 42.5 Å². The summed E-state index contributed by atoms with van der Waals surface area (Å²) in [5.41, 5.74) is 2.87. The number of fused-ring (bicyclic) bond motifs is 3. The van der Waals surface area contributed by atoms with Crippen LogP contribution >= 0.6 is 7.60 Å². The molecule has 0 amide bonds. The number of hydrogen-bond acceptors (Lipinski definition) is 2. The molecule has 22 heavy (non-hydrogen) atoms. The minimum absolute atomic E-state index is 0.406. The van der Waals surface area contributed by atoms with E-state index in [4.69, 9.17) is 4.52 Å². The van der Waals surface area contributed by atoms with Gasteiger partial charge in [-0.3, -0.25) is 0 Å². The first kappa shape index (κ1) is 14.0. The Labute approximate surface area is 130 Å². The Morgan fingerprint density at radius 1 is 0.955 bits per heavy atom. The Kier molecular flexibility index (Phi) is 3.36. The Hall–Kier alpha value is -1.57. The van der Waals surface area contributed by atoms with Crippen LogP contribution in [0.3, 0.4) is 0 Å². The van der Waals surface area contributed by atoms with E-state index in [1.165, 1.54) is 19.3 Å². The molecule has 1 saturated carbocycles. The van der Waals surface area contributed by atoms with Gasteiger partial charge in [0.1, 0.15) is 5.75 Å². The number of benzene rings is 2. The molecule has 1 aliphatic carbocycles. The van der Waals surface area contributed by atoms with Gasteiger partial charge in [0.25, 0.3) is 0 Å². The molecule has 3 nitrogen and oxygen atoms in total. The van der Waals surface area contributed by atoms with Crippen molar-refractivity contribution in [3.63, 3.8) is 0 Å². The Balaban J connectivity index is 1.90. The number of hydrogen-bond donors (Lipinski definition) is 1. The molecule has 0 radical (unpaired) electrons. The minimum Gasteiger partial charge on any atom is -0.420 e. The quantitative estimate of drug-likeness (QED) is 0.782. The van der Waals surface area contributed by atoms with Crippen LogP contribution in [0.25, 0.3) is 11.1 Å². The molecule has 1 unspecified atom stereocenters. The zero-order valence-electron chi connectivity index (χ0n) is 12.4. The first-order valence-corrected chi connectivity index (χ1v) is 9.50. The van der Waals surface area contributed by atoms with Crippen molar-refractivity contribution in [1.82, 2.24) is 0 Å². The minimum atomic E-state index is -3.79. The maximum atomic E-state index is 12.6. The Morgan fingerprint density at radius 2 is 1.68 bits per heavy atom. The van der Waals surface area contributed by atoms with Gasteiger partial charge in [-0.05, 0) is 30.4 Å². The molecule has 0 saturated heterocycles. The van der Waals surface area contributed by atoms with E-state index in [1.807, 2.05) is 24.3 Å². The van der Waals surface area contributed by atoms with E-state index >= 15 is 0 Å². The van der Waals surface area contributed by atoms with Gasteiger partial charge in [0.2, 0.25) is 0 Å². The van der Waals surface area contributed by atoms with Gasteiger partial charge < -0.3 is 9.42 Å². The lowest BCUT2D eigenvalue weighted by atomic mass is 9.82. The van der Waals surface area contributed by atoms with Crippen LogP contribution < -0.4 is 9.83 Å². The molecular formula is C18H19O3P. The standard InChI is InChI=1S/C18H19O3P/c19-22(20)17-12-5-4-9-15(17)16-11-6-10-14(18(16)21-22)13-7-2-1-3-8-13/h4-6,9-13H,1-3,7-8H2,(H,19,20). The fourth-order valence-corrected chi connectivity index (χ4v) is 5.05. The van der Waals surface area contributed by atoms with Crippen LogP contribution in [0.4, 0.5) is 0 Å². The lowest BCUT2D eigenvalue weighted by Gasteiger charge is -2.30. The topological polar surface area (TPSA) is 46.5 Å². The number of para-hydroxylation sites is 1. The van der Waals surface area contributed by atoms with Crippen molar-refractivity contribution in [3.05, 3.63) is 48.0 Å². The van der Waals surface area contributed by atoms with Crippen molar-refractivity contribution in [1.29, 1.82) is 0 Å². The normalized spacial score (nSPS) is 24.2. The van der Waals surface area contributed by atoms with Crippen molar-refractivity contribution >= 4 is 12.9 Å². The second kappa shape index (κ2) is 5.26. The van der Waals surface area contributed by atoms with Gasteiger partial charge in [-0.1, -0.05) is 55.7 Å². The molecule has 4 rings (SSSR count). The van der Waals surface area contributed by atoms with Gasteiger partial charge in [0, 0.05) is 11.1 Å². The zero-order chi connectivity index (χ0) is 15.2. The summed E-state index contributed by atoms with van der Waals surface area (Å²) in [6, 6.07) is 13.4. The summed E-state index contributed by atoms with van der Waals surface area (Å²) in [6.07, 6.45) is 6.01. The molecule has 1 heterocycles. The van der Waals surface area contributed by atoms with E-state index in [0.29, 0.717) is 17.0 Å². The van der Waals surface area contributed by atoms with Crippen molar-refractivity contribution < 1.29 is 14.0 Å². The highest BCUT2D eigenvalue weighted by Gasteiger charge is 2.36. The van der Waals surface area contributed by atoms with E-state index in [2.05, 4.69) is 6.07 Å². The molecular weight excluding hydrogens is 295 g/mol. The third-order valence-corrected chi connectivity index (χ3v) is 6.23. The molecule has 1 aliphatic heterocycles. The summed E-state index contributed by atoms with van der Waals surface area (Å²) in [5.74, 6) is 1.06. The Bertz CT molecular complexity index is 763. The van der Waals surface area contributed by atoms with Gasteiger partial charge in [0.05, 0.1) is 5.30 Å². The molecule has 2 aromatic carbocycles. The summed E-state index contributed by atoms with van der Waals surface area (Å²) in [4.78, 5) is 10.3. The summed E-state index contributed by atoms with van der Waals surface area (Å²) in [7, 11) is -3.79. The van der Waals surface area contributed by atoms with Crippen molar-refractivity contribution in [3.8, 4) is 16.9 Å². The molecule has 1 atom stereocenters. The van der Waals surface area contributed by atoms with Crippen LogP contribution in [0.1, 0.15) is 43.6 Å². The highest BCUT2D eigenvalue weighted by atomic mass is 31.2. The van der Waals surface area contributed by atoms with E-state index in [0.717, 1.165) is 29.5 Å². The summed E-state index contributed by atoms with van der Waals surface area (Å²) in [6.45, 7) is 0. The van der Waals surface area contributed by atoms with E-state index in [-0.39, 0.29) is 0 Å². The van der Waals surface area contributed by atoms with Crippen molar-refractivity contribution in [2.75, 3.05) is 0 Å². The lowest BCUT2D eigenvalue weighted by molar-refractivity contribution is 0.382. The Morgan fingerprint density at radius 3 is 2.50 bits per heavy atom. The van der Waals surface area contributed by atoms with Gasteiger partial charge in [-0.25, -0.2) is 4.57 Å². The lowest BCUT2D eigenvalue weighted by Crippen LogP contribution is -2.18. The van der Waals surface area contributed by atoms with Gasteiger partial charge >= 0.3 is 7.60 Å². The SMILES string of the molecule is O=P1(O)Oc2c(cccc2C2CCCCC2)-c2ccccc21. The predicted molar refractivity (Wildman–Crippen MR) is 87.8 cm³/mol. The molecule has 0 bridgehead atoms. The molecule has 1 N–H and O–H groups in total. The maximum absolute atomic E-state index is 12.6. The molecule has 4 heteroatoms. The van der Waals surface area contributed by atoms with E-state index < -0.39 is 7.60 Å². The van der Waals surface area contributed by atoms with E-state index in [1.54, 1.807) is 12.1 Å². The largest absolute Gasteiger partial charge is 0.420 e. The highest BCUT2D eigenvalue weighted by molar-refractivity contribution is 7.62. The molecule has 0 spiro atoms. The van der Waals surface area contributed by atoms with Gasteiger partial charge in [0.15, 0.2) is 0 Å². The molecule has 114 valence electrons. The fourth-order valence-electron chi connectivity index (χ4n) is 3.72. The predicted octanol–water partition coefficient (Wildman–Crippen LogP) is 4.60. The molecule has 0 aromatic heterocycles. The van der Waals surface area contributed by atoms with Crippen molar-refractivity contribution in [2.45, 2.75) is 38.0 Å². The fraction of sp³-hybridized carbons (Fsp3) is 0.333. The van der Waals surface area contributed by atoms with Crippen LogP contribution in [-0.4, -0.2) is 4.89 Å². The second-order valence-electron chi connectivity index (χ2n) is 6.19. The maximum Gasteiger partial charge on any atom is 0.408 e. The monoisotopic (exact) mass is 314 g/mol.